The minimum absolute atomic E-state index is 0.278. The zero-order valence-corrected chi connectivity index (χ0v) is 11.7. The number of carbonyl (C=O) groups excluding carboxylic acids is 1. The highest BCUT2D eigenvalue weighted by molar-refractivity contribution is 5.89. The summed E-state index contributed by atoms with van der Waals surface area (Å²) in [5.41, 5.74) is 1.85. The van der Waals surface area contributed by atoms with Gasteiger partial charge >= 0.3 is 5.97 Å². The molecule has 1 atom stereocenters. The molecule has 1 aromatic carbocycles. The van der Waals surface area contributed by atoms with Gasteiger partial charge in [-0.2, -0.15) is 0 Å². The molecule has 1 aliphatic rings. The highest BCUT2D eigenvalue weighted by Crippen LogP contribution is 2.14. The van der Waals surface area contributed by atoms with E-state index in [0.29, 0.717) is 11.6 Å². The molecule has 1 heterocycles. The van der Waals surface area contributed by atoms with E-state index in [4.69, 9.17) is 4.74 Å². The van der Waals surface area contributed by atoms with Crippen LogP contribution in [-0.4, -0.2) is 44.2 Å². The lowest BCUT2D eigenvalue weighted by atomic mass is 10.0. The van der Waals surface area contributed by atoms with Gasteiger partial charge in [0.2, 0.25) is 0 Å². The summed E-state index contributed by atoms with van der Waals surface area (Å²) in [6.07, 6.45) is 2.50. The molecule has 0 aromatic heterocycles. The van der Waals surface area contributed by atoms with Gasteiger partial charge in [0.15, 0.2) is 0 Å². The zero-order valence-electron chi connectivity index (χ0n) is 11.7. The molecule has 0 saturated carbocycles. The predicted octanol–water partition coefficient (Wildman–Crippen LogP) is 1.66. The first-order valence-corrected chi connectivity index (χ1v) is 6.80. The van der Waals surface area contributed by atoms with E-state index < -0.39 is 0 Å². The SMILES string of the molecule is CNC1CCCN(Cc2ccc(C(=O)OC)cc2)C1. The Labute approximate surface area is 114 Å². The number of esters is 1. The van der Waals surface area contributed by atoms with E-state index in [1.807, 2.05) is 31.3 Å². The number of hydrogen-bond acceptors (Lipinski definition) is 4. The largest absolute Gasteiger partial charge is 0.465 e. The van der Waals surface area contributed by atoms with Gasteiger partial charge in [-0.25, -0.2) is 4.79 Å². The maximum Gasteiger partial charge on any atom is 0.337 e. The number of carbonyl (C=O) groups is 1. The van der Waals surface area contributed by atoms with Gasteiger partial charge in [-0.1, -0.05) is 12.1 Å². The van der Waals surface area contributed by atoms with Crippen LogP contribution in [0.3, 0.4) is 0 Å². The summed E-state index contributed by atoms with van der Waals surface area (Å²) in [5.74, 6) is -0.278. The Balaban J connectivity index is 1.94. The average Bonchev–Trinajstić information content (AvgIpc) is 2.47. The van der Waals surface area contributed by atoms with Crippen molar-refractivity contribution in [3.05, 3.63) is 35.4 Å². The summed E-state index contributed by atoms with van der Waals surface area (Å²) in [6.45, 7) is 3.19. The molecular formula is C15H22N2O2. The summed E-state index contributed by atoms with van der Waals surface area (Å²) in [6, 6.07) is 8.29. The normalized spacial score (nSPS) is 20.2. The zero-order chi connectivity index (χ0) is 13.7. The number of methoxy groups -OCH3 is 1. The minimum Gasteiger partial charge on any atom is -0.465 e. The van der Waals surface area contributed by atoms with Crippen LogP contribution in [0.4, 0.5) is 0 Å². The number of hydrogen-bond donors (Lipinski definition) is 1. The van der Waals surface area contributed by atoms with E-state index >= 15 is 0 Å². The molecule has 0 radical (unpaired) electrons. The van der Waals surface area contributed by atoms with Gasteiger partial charge in [0.25, 0.3) is 0 Å². The van der Waals surface area contributed by atoms with Crippen molar-refractivity contribution >= 4 is 5.97 Å². The Bertz CT molecular complexity index is 417. The first-order valence-electron chi connectivity index (χ1n) is 6.80. The first kappa shape index (κ1) is 14.0. The number of ether oxygens (including phenoxy) is 1. The first-order chi connectivity index (χ1) is 9.22. The number of rotatable bonds is 4. The number of benzene rings is 1. The van der Waals surface area contributed by atoms with Crippen LogP contribution in [0.1, 0.15) is 28.8 Å². The predicted molar refractivity (Wildman–Crippen MR) is 75.1 cm³/mol. The lowest BCUT2D eigenvalue weighted by Crippen LogP contribution is -2.43. The van der Waals surface area contributed by atoms with Crippen LogP contribution in [0, 0.1) is 0 Å². The number of likely N-dealkylation sites (tertiary alicyclic amines) is 1. The van der Waals surface area contributed by atoms with Crippen molar-refractivity contribution in [3.8, 4) is 0 Å². The second-order valence-corrected chi connectivity index (χ2v) is 5.05. The maximum absolute atomic E-state index is 11.4. The van der Waals surface area contributed by atoms with Crippen LogP contribution in [0.2, 0.25) is 0 Å². The van der Waals surface area contributed by atoms with Crippen LogP contribution < -0.4 is 5.32 Å². The molecule has 104 valence electrons. The molecular weight excluding hydrogens is 240 g/mol. The highest BCUT2D eigenvalue weighted by Gasteiger charge is 2.18. The molecule has 1 fully saturated rings. The van der Waals surface area contributed by atoms with E-state index in [0.717, 1.165) is 19.6 Å². The second kappa shape index (κ2) is 6.68. The molecule has 0 bridgehead atoms. The summed E-state index contributed by atoms with van der Waals surface area (Å²) in [5, 5.41) is 3.35. The Morgan fingerprint density at radius 1 is 1.42 bits per heavy atom. The highest BCUT2D eigenvalue weighted by atomic mass is 16.5. The molecule has 1 N–H and O–H groups in total. The Hall–Kier alpha value is -1.39. The third-order valence-corrected chi connectivity index (χ3v) is 3.69. The monoisotopic (exact) mass is 262 g/mol. The van der Waals surface area contributed by atoms with Crippen LogP contribution in [0.25, 0.3) is 0 Å². The van der Waals surface area contributed by atoms with Crippen LogP contribution >= 0.6 is 0 Å². The molecule has 0 spiro atoms. The van der Waals surface area contributed by atoms with E-state index in [1.54, 1.807) is 0 Å². The fraction of sp³-hybridized carbons (Fsp3) is 0.533. The summed E-state index contributed by atoms with van der Waals surface area (Å²) >= 11 is 0. The molecule has 4 nitrogen and oxygen atoms in total. The van der Waals surface area contributed by atoms with Crippen molar-refractivity contribution in [2.45, 2.75) is 25.4 Å². The molecule has 2 rings (SSSR count). The lowest BCUT2D eigenvalue weighted by Gasteiger charge is -2.32. The minimum atomic E-state index is -0.278. The second-order valence-electron chi connectivity index (χ2n) is 5.05. The van der Waals surface area contributed by atoms with Gasteiger partial charge in [-0.15, -0.1) is 0 Å². The Kier molecular flexibility index (Phi) is 4.93. The number of nitrogens with zero attached hydrogens (tertiary/aromatic N) is 1. The third kappa shape index (κ3) is 3.78. The van der Waals surface area contributed by atoms with E-state index in [-0.39, 0.29) is 5.97 Å². The molecule has 0 aliphatic carbocycles. The van der Waals surface area contributed by atoms with E-state index in [9.17, 15) is 4.79 Å². The van der Waals surface area contributed by atoms with E-state index in [2.05, 4.69) is 10.2 Å². The molecule has 0 amide bonds. The van der Waals surface area contributed by atoms with Gasteiger partial charge < -0.3 is 10.1 Å². The summed E-state index contributed by atoms with van der Waals surface area (Å²) in [4.78, 5) is 13.8. The molecule has 1 saturated heterocycles. The smallest absolute Gasteiger partial charge is 0.337 e. The number of piperidine rings is 1. The standard InChI is InChI=1S/C15H22N2O2/c1-16-14-4-3-9-17(11-14)10-12-5-7-13(8-6-12)15(18)19-2/h5-8,14,16H,3-4,9-11H2,1-2H3. The van der Waals surface area contributed by atoms with Crippen molar-refractivity contribution in [3.63, 3.8) is 0 Å². The molecule has 1 aromatic rings. The molecule has 19 heavy (non-hydrogen) atoms. The topological polar surface area (TPSA) is 41.6 Å². The lowest BCUT2D eigenvalue weighted by molar-refractivity contribution is 0.0600. The van der Waals surface area contributed by atoms with Crippen molar-refractivity contribution in [1.29, 1.82) is 0 Å². The van der Waals surface area contributed by atoms with Crippen LogP contribution in [0.15, 0.2) is 24.3 Å². The third-order valence-electron chi connectivity index (χ3n) is 3.69. The molecule has 4 heteroatoms. The quantitative estimate of drug-likeness (QED) is 0.838. The fourth-order valence-electron chi connectivity index (χ4n) is 2.56. The molecule has 1 unspecified atom stereocenters. The van der Waals surface area contributed by atoms with E-state index in [1.165, 1.54) is 25.5 Å². The van der Waals surface area contributed by atoms with Gasteiger partial charge in [-0.3, -0.25) is 4.90 Å². The fourth-order valence-corrected chi connectivity index (χ4v) is 2.56. The van der Waals surface area contributed by atoms with Crippen molar-refractivity contribution in [2.24, 2.45) is 0 Å². The van der Waals surface area contributed by atoms with Crippen LogP contribution in [-0.2, 0) is 11.3 Å². The number of likely N-dealkylation sites (N-methyl/N-ethyl adjacent to an activating group) is 1. The van der Waals surface area contributed by atoms with Crippen molar-refractivity contribution in [1.82, 2.24) is 10.2 Å². The maximum atomic E-state index is 11.4. The number of nitrogens with one attached hydrogen (secondary N) is 1. The van der Waals surface area contributed by atoms with Crippen molar-refractivity contribution in [2.75, 3.05) is 27.2 Å². The van der Waals surface area contributed by atoms with Gasteiger partial charge in [0.05, 0.1) is 12.7 Å². The summed E-state index contributed by atoms with van der Waals surface area (Å²) < 4.78 is 4.70. The Morgan fingerprint density at radius 3 is 2.79 bits per heavy atom. The average molecular weight is 262 g/mol. The molecule has 1 aliphatic heterocycles. The Morgan fingerprint density at radius 2 is 2.16 bits per heavy atom. The summed E-state index contributed by atoms with van der Waals surface area (Å²) in [7, 11) is 3.43. The van der Waals surface area contributed by atoms with Gasteiger partial charge in [-0.05, 0) is 44.1 Å². The van der Waals surface area contributed by atoms with Gasteiger partial charge in [0.1, 0.15) is 0 Å². The van der Waals surface area contributed by atoms with Crippen LogP contribution in [0.5, 0.6) is 0 Å². The van der Waals surface area contributed by atoms with Gasteiger partial charge in [0, 0.05) is 19.1 Å². The van der Waals surface area contributed by atoms with Crippen molar-refractivity contribution < 1.29 is 9.53 Å².